The highest BCUT2D eigenvalue weighted by molar-refractivity contribution is 7.08. The SMILES string of the molecule is Fc1ccccc1CN1CCN(c2nc(-c3ccsc3)nc3ccccc23)CC1. The van der Waals surface area contributed by atoms with Crippen LogP contribution in [-0.2, 0) is 6.54 Å². The first kappa shape index (κ1) is 18.2. The minimum Gasteiger partial charge on any atom is -0.353 e. The number of aromatic nitrogens is 2. The normalized spacial score (nSPS) is 15.1. The van der Waals surface area contributed by atoms with E-state index in [1.54, 1.807) is 17.4 Å². The van der Waals surface area contributed by atoms with E-state index in [1.807, 2.05) is 30.3 Å². The summed E-state index contributed by atoms with van der Waals surface area (Å²) in [6.45, 7) is 4.11. The van der Waals surface area contributed by atoms with Crippen molar-refractivity contribution in [2.45, 2.75) is 6.54 Å². The van der Waals surface area contributed by atoms with Crippen molar-refractivity contribution in [3.63, 3.8) is 0 Å². The molecule has 5 rings (SSSR count). The van der Waals surface area contributed by atoms with Crippen LogP contribution in [0.2, 0.25) is 0 Å². The number of hydrogen-bond donors (Lipinski definition) is 0. The Morgan fingerprint density at radius 1 is 0.897 bits per heavy atom. The fourth-order valence-corrected chi connectivity index (χ4v) is 4.44. The number of hydrogen-bond acceptors (Lipinski definition) is 5. The summed E-state index contributed by atoms with van der Waals surface area (Å²) in [5.74, 6) is 1.63. The summed E-state index contributed by atoms with van der Waals surface area (Å²) in [4.78, 5) is 14.3. The van der Waals surface area contributed by atoms with Crippen LogP contribution >= 0.6 is 11.3 Å². The van der Waals surface area contributed by atoms with Gasteiger partial charge in [0.05, 0.1) is 5.52 Å². The third kappa shape index (κ3) is 3.73. The summed E-state index contributed by atoms with van der Waals surface area (Å²) in [6, 6.07) is 17.3. The Hall–Kier alpha value is -2.83. The van der Waals surface area contributed by atoms with E-state index >= 15 is 0 Å². The molecule has 0 aliphatic carbocycles. The molecule has 0 radical (unpaired) electrons. The highest BCUT2D eigenvalue weighted by atomic mass is 32.1. The number of rotatable bonds is 4. The van der Waals surface area contributed by atoms with E-state index in [0.717, 1.165) is 59.9 Å². The van der Waals surface area contributed by atoms with Gasteiger partial charge in [-0.05, 0) is 29.6 Å². The second-order valence-electron chi connectivity index (χ2n) is 7.25. The molecule has 4 aromatic rings. The van der Waals surface area contributed by atoms with Crippen LogP contribution in [0.3, 0.4) is 0 Å². The molecule has 29 heavy (non-hydrogen) atoms. The molecule has 1 fully saturated rings. The average Bonchev–Trinajstić information content (AvgIpc) is 3.30. The first-order chi connectivity index (χ1) is 14.3. The Morgan fingerprint density at radius 3 is 2.48 bits per heavy atom. The van der Waals surface area contributed by atoms with Gasteiger partial charge < -0.3 is 4.90 Å². The summed E-state index contributed by atoms with van der Waals surface area (Å²) in [5.41, 5.74) is 2.78. The molecule has 1 aliphatic heterocycles. The van der Waals surface area contributed by atoms with E-state index in [0.29, 0.717) is 6.54 Å². The van der Waals surface area contributed by atoms with Gasteiger partial charge in [0.2, 0.25) is 0 Å². The van der Waals surface area contributed by atoms with Gasteiger partial charge in [-0.15, -0.1) is 0 Å². The molecule has 2 aromatic carbocycles. The molecule has 1 aliphatic rings. The molecule has 0 amide bonds. The summed E-state index contributed by atoms with van der Waals surface area (Å²) >= 11 is 1.65. The fourth-order valence-electron chi connectivity index (χ4n) is 3.81. The summed E-state index contributed by atoms with van der Waals surface area (Å²) < 4.78 is 14.0. The second-order valence-corrected chi connectivity index (χ2v) is 8.03. The third-order valence-electron chi connectivity index (χ3n) is 5.39. The number of halogens is 1. The maximum Gasteiger partial charge on any atom is 0.162 e. The predicted octanol–water partition coefficient (Wildman–Crippen LogP) is 4.82. The van der Waals surface area contributed by atoms with Gasteiger partial charge in [-0.25, -0.2) is 14.4 Å². The Labute approximate surface area is 173 Å². The van der Waals surface area contributed by atoms with Gasteiger partial charge in [0, 0.05) is 54.6 Å². The van der Waals surface area contributed by atoms with Crippen LogP contribution in [0.5, 0.6) is 0 Å². The lowest BCUT2D eigenvalue weighted by Crippen LogP contribution is -2.46. The minimum atomic E-state index is -0.128. The molecule has 0 atom stereocenters. The number of piperazine rings is 1. The van der Waals surface area contributed by atoms with Gasteiger partial charge in [-0.1, -0.05) is 30.3 Å². The van der Waals surface area contributed by atoms with E-state index in [1.165, 1.54) is 6.07 Å². The zero-order valence-electron chi connectivity index (χ0n) is 16.0. The van der Waals surface area contributed by atoms with Gasteiger partial charge in [-0.2, -0.15) is 11.3 Å². The maximum atomic E-state index is 14.0. The lowest BCUT2D eigenvalue weighted by molar-refractivity contribution is 0.246. The van der Waals surface area contributed by atoms with E-state index in [9.17, 15) is 4.39 Å². The molecule has 0 saturated carbocycles. The highest BCUT2D eigenvalue weighted by Crippen LogP contribution is 2.29. The van der Waals surface area contributed by atoms with Crippen molar-refractivity contribution in [1.82, 2.24) is 14.9 Å². The number of nitrogens with zero attached hydrogens (tertiary/aromatic N) is 4. The number of thiophene rings is 1. The number of anilines is 1. The second kappa shape index (κ2) is 7.89. The number of para-hydroxylation sites is 1. The van der Waals surface area contributed by atoms with E-state index in [2.05, 4.69) is 32.7 Å². The van der Waals surface area contributed by atoms with Crippen LogP contribution in [-0.4, -0.2) is 41.0 Å². The lowest BCUT2D eigenvalue weighted by Gasteiger charge is -2.36. The van der Waals surface area contributed by atoms with E-state index < -0.39 is 0 Å². The van der Waals surface area contributed by atoms with Crippen LogP contribution in [0.1, 0.15) is 5.56 Å². The Bertz CT molecular complexity index is 1120. The molecule has 4 nitrogen and oxygen atoms in total. The van der Waals surface area contributed by atoms with Gasteiger partial charge in [0.25, 0.3) is 0 Å². The van der Waals surface area contributed by atoms with Crippen LogP contribution < -0.4 is 4.90 Å². The number of benzene rings is 2. The van der Waals surface area contributed by atoms with Crippen molar-refractivity contribution < 1.29 is 4.39 Å². The van der Waals surface area contributed by atoms with Gasteiger partial charge in [0.1, 0.15) is 11.6 Å². The van der Waals surface area contributed by atoms with Crippen molar-refractivity contribution in [1.29, 1.82) is 0 Å². The average molecular weight is 405 g/mol. The van der Waals surface area contributed by atoms with Gasteiger partial charge >= 0.3 is 0 Å². The molecular formula is C23H21FN4S. The van der Waals surface area contributed by atoms with E-state index in [-0.39, 0.29) is 5.82 Å². The summed E-state index contributed by atoms with van der Waals surface area (Å²) in [5, 5.41) is 5.21. The zero-order valence-corrected chi connectivity index (χ0v) is 16.8. The molecular weight excluding hydrogens is 383 g/mol. The molecule has 0 unspecified atom stereocenters. The monoisotopic (exact) mass is 404 g/mol. The minimum absolute atomic E-state index is 0.128. The third-order valence-corrected chi connectivity index (χ3v) is 6.07. The Morgan fingerprint density at radius 2 is 1.69 bits per heavy atom. The standard InChI is InChI=1S/C23H21FN4S/c24-20-7-3-1-5-17(20)15-27-10-12-28(13-11-27)23-19-6-2-4-8-21(19)25-22(26-23)18-9-14-29-16-18/h1-9,14,16H,10-13,15H2. The molecule has 0 bridgehead atoms. The predicted molar refractivity (Wildman–Crippen MR) is 117 cm³/mol. The van der Waals surface area contributed by atoms with Crippen molar-refractivity contribution in [3.05, 3.63) is 76.7 Å². The topological polar surface area (TPSA) is 32.3 Å². The molecule has 2 aromatic heterocycles. The summed E-state index contributed by atoms with van der Waals surface area (Å²) in [7, 11) is 0. The van der Waals surface area contributed by atoms with Crippen molar-refractivity contribution >= 4 is 28.1 Å². The molecule has 0 N–H and O–H groups in total. The van der Waals surface area contributed by atoms with Crippen LogP contribution in [0, 0.1) is 5.82 Å². The lowest BCUT2D eigenvalue weighted by atomic mass is 10.1. The molecule has 0 spiro atoms. The van der Waals surface area contributed by atoms with Gasteiger partial charge in [-0.3, -0.25) is 4.90 Å². The Balaban J connectivity index is 1.40. The van der Waals surface area contributed by atoms with Crippen molar-refractivity contribution in [2.24, 2.45) is 0 Å². The molecule has 146 valence electrons. The van der Waals surface area contributed by atoms with Crippen LogP contribution in [0.4, 0.5) is 10.2 Å². The number of fused-ring (bicyclic) bond motifs is 1. The highest BCUT2D eigenvalue weighted by Gasteiger charge is 2.22. The van der Waals surface area contributed by atoms with Crippen LogP contribution in [0.25, 0.3) is 22.3 Å². The molecule has 3 heterocycles. The largest absolute Gasteiger partial charge is 0.353 e. The Kier molecular flexibility index (Phi) is 4.96. The van der Waals surface area contributed by atoms with Gasteiger partial charge in [0.15, 0.2) is 5.82 Å². The molecule has 1 saturated heterocycles. The smallest absolute Gasteiger partial charge is 0.162 e. The fraction of sp³-hybridized carbons (Fsp3) is 0.217. The quantitative estimate of drug-likeness (QED) is 0.488. The summed E-state index contributed by atoms with van der Waals surface area (Å²) in [6.07, 6.45) is 0. The first-order valence-corrected chi connectivity index (χ1v) is 10.7. The van der Waals surface area contributed by atoms with Crippen molar-refractivity contribution in [3.8, 4) is 11.4 Å². The maximum absolute atomic E-state index is 14.0. The van der Waals surface area contributed by atoms with Crippen LogP contribution in [0.15, 0.2) is 65.4 Å². The molecule has 6 heteroatoms. The van der Waals surface area contributed by atoms with Crippen molar-refractivity contribution in [2.75, 3.05) is 31.1 Å². The first-order valence-electron chi connectivity index (χ1n) is 9.78. The van der Waals surface area contributed by atoms with E-state index in [4.69, 9.17) is 9.97 Å². The zero-order chi connectivity index (χ0) is 19.6.